The highest BCUT2D eigenvalue weighted by atomic mass is 32.1. The first-order valence-electron chi connectivity index (χ1n) is 18.1. The van der Waals surface area contributed by atoms with Gasteiger partial charge in [0.1, 0.15) is 5.69 Å². The normalized spacial score (nSPS) is 12.7. The number of aromatic nitrogens is 1. The lowest BCUT2D eigenvalue weighted by Crippen LogP contribution is -2.21. The van der Waals surface area contributed by atoms with Gasteiger partial charge in [-0.2, -0.15) is 0 Å². The van der Waals surface area contributed by atoms with Gasteiger partial charge in [-0.1, -0.05) is 84.9 Å². The van der Waals surface area contributed by atoms with Crippen molar-refractivity contribution in [2.45, 2.75) is 0 Å². The molecule has 0 saturated heterocycles. The van der Waals surface area contributed by atoms with Crippen molar-refractivity contribution in [3.63, 3.8) is 0 Å². The van der Waals surface area contributed by atoms with Crippen LogP contribution in [0, 0.1) is 0 Å². The zero-order chi connectivity index (χ0) is 35.3. The number of hydrogen-bond acceptors (Lipinski definition) is 5. The van der Waals surface area contributed by atoms with Crippen LogP contribution >= 0.6 is 11.3 Å². The van der Waals surface area contributed by atoms with Gasteiger partial charge in [0.15, 0.2) is 23.0 Å². The second-order valence-corrected chi connectivity index (χ2v) is 14.8. The van der Waals surface area contributed by atoms with Gasteiger partial charge in [0.2, 0.25) is 0 Å². The predicted octanol–water partition coefficient (Wildman–Crippen LogP) is 14.3. The van der Waals surface area contributed by atoms with Crippen LogP contribution in [0.15, 0.2) is 176 Å². The summed E-state index contributed by atoms with van der Waals surface area (Å²) in [6.45, 7) is 0. The van der Waals surface area contributed by atoms with Gasteiger partial charge in [-0.25, -0.2) is 0 Å². The number of hydrogen-bond donors (Lipinski definition) is 0. The number of para-hydroxylation sites is 6. The molecule has 0 aliphatic carbocycles. The van der Waals surface area contributed by atoms with Gasteiger partial charge in [0, 0.05) is 54.5 Å². The van der Waals surface area contributed by atoms with E-state index < -0.39 is 0 Å². The van der Waals surface area contributed by atoms with Crippen molar-refractivity contribution in [2.75, 3.05) is 9.80 Å². The molecular weight excluding hydrogens is 683 g/mol. The SMILES string of the molecule is c1ccc(-n2c3ccccc3c3cc(N(c4cc5c6c(c4)Oc4ccccc4N6c4ccccc4O5)c4cccc5sc6ccccc6c45)ccc32)cc1. The average molecular weight is 712 g/mol. The summed E-state index contributed by atoms with van der Waals surface area (Å²) in [7, 11) is 0. The Kier molecular flexibility index (Phi) is 6.15. The lowest BCUT2D eigenvalue weighted by molar-refractivity contribution is 0.446. The lowest BCUT2D eigenvalue weighted by atomic mass is 10.0. The number of nitrogens with zero attached hydrogens (tertiary/aromatic N) is 3. The van der Waals surface area contributed by atoms with Gasteiger partial charge in [-0.3, -0.25) is 4.90 Å². The fraction of sp³-hybridized carbons (Fsp3) is 0. The summed E-state index contributed by atoms with van der Waals surface area (Å²) in [5, 5.41) is 4.84. The minimum Gasteiger partial charge on any atom is -0.453 e. The second-order valence-electron chi connectivity index (χ2n) is 13.7. The third kappa shape index (κ3) is 4.20. The van der Waals surface area contributed by atoms with Crippen molar-refractivity contribution in [1.82, 2.24) is 4.57 Å². The van der Waals surface area contributed by atoms with E-state index in [0.717, 1.165) is 68.3 Å². The molecular formula is C48H29N3O2S. The Morgan fingerprint density at radius 1 is 0.444 bits per heavy atom. The number of ether oxygens (including phenoxy) is 2. The number of fused-ring (bicyclic) bond motifs is 10. The first-order valence-corrected chi connectivity index (χ1v) is 18.9. The quantitative estimate of drug-likeness (QED) is 0.182. The van der Waals surface area contributed by atoms with Crippen molar-refractivity contribution in [1.29, 1.82) is 0 Å². The van der Waals surface area contributed by atoms with Crippen molar-refractivity contribution < 1.29 is 9.47 Å². The predicted molar refractivity (Wildman–Crippen MR) is 223 cm³/mol. The van der Waals surface area contributed by atoms with Crippen LogP contribution in [0.5, 0.6) is 23.0 Å². The van der Waals surface area contributed by atoms with E-state index in [0.29, 0.717) is 0 Å². The molecule has 6 heteroatoms. The van der Waals surface area contributed by atoms with E-state index in [1.54, 1.807) is 0 Å². The van der Waals surface area contributed by atoms with Gasteiger partial charge in [-0.05, 0) is 78.9 Å². The molecule has 12 rings (SSSR count). The molecule has 2 aromatic heterocycles. The Hall–Kier alpha value is -7.02. The third-order valence-corrected chi connectivity index (χ3v) is 11.8. The van der Waals surface area contributed by atoms with Crippen LogP contribution in [0.3, 0.4) is 0 Å². The highest BCUT2D eigenvalue weighted by Gasteiger charge is 2.36. The second kappa shape index (κ2) is 11.2. The molecule has 0 spiro atoms. The van der Waals surface area contributed by atoms with E-state index in [9.17, 15) is 0 Å². The molecule has 0 atom stereocenters. The standard InChI is InChI=1S/C48H29N3O2S/c1-2-13-30(14-3-1)50-36-17-6-4-15-33(36)35-27-31(25-26-37(35)50)49(40-20-12-24-46-47(40)34-16-5-11-23-45(34)54-46)32-28-43-48-44(29-32)53-42-22-10-8-19-39(42)51(48)38-18-7-9-21-41(38)52-43/h1-29H. The zero-order valence-electron chi connectivity index (χ0n) is 28.8. The molecule has 0 bridgehead atoms. The van der Waals surface area contributed by atoms with E-state index in [1.807, 2.05) is 35.6 Å². The maximum Gasteiger partial charge on any atom is 0.157 e. The largest absolute Gasteiger partial charge is 0.453 e. The minimum atomic E-state index is 0.741. The first kappa shape index (κ1) is 29.5. The molecule has 8 aromatic carbocycles. The summed E-state index contributed by atoms with van der Waals surface area (Å²) >= 11 is 1.83. The van der Waals surface area contributed by atoms with E-state index in [2.05, 4.69) is 166 Å². The van der Waals surface area contributed by atoms with Crippen LogP contribution in [0.2, 0.25) is 0 Å². The Labute approximate surface area is 314 Å². The molecule has 10 aromatic rings. The molecule has 0 N–H and O–H groups in total. The summed E-state index contributed by atoms with van der Waals surface area (Å²) in [6, 6.07) is 62.3. The highest BCUT2D eigenvalue weighted by molar-refractivity contribution is 7.26. The molecule has 254 valence electrons. The van der Waals surface area contributed by atoms with Crippen molar-refractivity contribution in [2.24, 2.45) is 0 Å². The average Bonchev–Trinajstić information content (AvgIpc) is 3.77. The summed E-state index contributed by atoms with van der Waals surface area (Å²) in [6.07, 6.45) is 0. The van der Waals surface area contributed by atoms with Crippen LogP contribution in [0.1, 0.15) is 0 Å². The van der Waals surface area contributed by atoms with Crippen molar-refractivity contribution in [3.05, 3.63) is 176 Å². The molecule has 0 unspecified atom stereocenters. The molecule has 4 heterocycles. The summed E-state index contributed by atoms with van der Waals surface area (Å²) in [5.41, 5.74) is 9.41. The highest BCUT2D eigenvalue weighted by Crippen LogP contribution is 2.61. The monoisotopic (exact) mass is 711 g/mol. The van der Waals surface area contributed by atoms with E-state index in [1.165, 1.54) is 36.5 Å². The van der Waals surface area contributed by atoms with Crippen LogP contribution < -0.4 is 19.3 Å². The number of rotatable bonds is 4. The van der Waals surface area contributed by atoms with Gasteiger partial charge in [0.05, 0.1) is 33.8 Å². The first-order chi connectivity index (χ1) is 26.8. The molecule has 0 radical (unpaired) electrons. The van der Waals surface area contributed by atoms with Gasteiger partial charge in [-0.15, -0.1) is 11.3 Å². The van der Waals surface area contributed by atoms with Crippen LogP contribution in [-0.2, 0) is 0 Å². The van der Waals surface area contributed by atoms with Gasteiger partial charge >= 0.3 is 0 Å². The van der Waals surface area contributed by atoms with Gasteiger partial charge in [0.25, 0.3) is 0 Å². The molecule has 54 heavy (non-hydrogen) atoms. The van der Waals surface area contributed by atoms with Crippen LogP contribution in [0.4, 0.5) is 34.1 Å². The Morgan fingerprint density at radius 3 is 1.85 bits per heavy atom. The minimum absolute atomic E-state index is 0.741. The molecule has 0 fully saturated rings. The van der Waals surface area contributed by atoms with Crippen molar-refractivity contribution >= 4 is 87.4 Å². The van der Waals surface area contributed by atoms with E-state index in [4.69, 9.17) is 9.47 Å². The molecule has 2 aliphatic rings. The van der Waals surface area contributed by atoms with Crippen LogP contribution in [0.25, 0.3) is 47.7 Å². The summed E-state index contributed by atoms with van der Waals surface area (Å²) in [4.78, 5) is 4.65. The number of anilines is 6. The summed E-state index contributed by atoms with van der Waals surface area (Å²) < 4.78 is 18.4. The zero-order valence-corrected chi connectivity index (χ0v) is 29.6. The lowest BCUT2D eigenvalue weighted by Gasteiger charge is -2.38. The maximum absolute atomic E-state index is 6.78. The Morgan fingerprint density at radius 2 is 1.07 bits per heavy atom. The maximum atomic E-state index is 6.78. The Balaban J connectivity index is 1.15. The molecule has 2 aliphatic heterocycles. The molecule has 0 saturated carbocycles. The summed E-state index contributed by atoms with van der Waals surface area (Å²) in [5.74, 6) is 3.09. The van der Waals surface area contributed by atoms with Crippen molar-refractivity contribution in [3.8, 4) is 28.7 Å². The van der Waals surface area contributed by atoms with Gasteiger partial charge < -0.3 is 18.9 Å². The Bertz CT molecular complexity index is 3080. The smallest absolute Gasteiger partial charge is 0.157 e. The fourth-order valence-electron chi connectivity index (χ4n) is 8.46. The van der Waals surface area contributed by atoms with E-state index >= 15 is 0 Å². The third-order valence-electron chi connectivity index (χ3n) is 10.7. The molecule has 5 nitrogen and oxygen atoms in total. The topological polar surface area (TPSA) is 29.9 Å². The number of benzene rings is 8. The van der Waals surface area contributed by atoms with Crippen LogP contribution in [-0.4, -0.2) is 4.57 Å². The van der Waals surface area contributed by atoms with E-state index in [-0.39, 0.29) is 0 Å². The fourth-order valence-corrected chi connectivity index (χ4v) is 9.59. The number of thiophene rings is 1. The molecule has 0 amide bonds.